The Morgan fingerprint density at radius 2 is 1.90 bits per heavy atom. The van der Waals surface area contributed by atoms with Crippen molar-refractivity contribution in [3.8, 4) is 11.5 Å². The minimum Gasteiger partial charge on any atom is -0.423 e. The lowest BCUT2D eigenvalue weighted by molar-refractivity contribution is -0.138. The quantitative estimate of drug-likeness (QED) is 0.561. The van der Waals surface area contributed by atoms with Crippen LogP contribution in [0.25, 0.3) is 11.5 Å². The largest absolute Gasteiger partial charge is 0.423 e. The molecule has 0 radical (unpaired) electrons. The highest BCUT2D eigenvalue weighted by Gasteiger charge is 2.35. The number of benzene rings is 2. The molecule has 1 aromatic heterocycles. The van der Waals surface area contributed by atoms with Crippen molar-refractivity contribution in [2.24, 2.45) is 0 Å². The van der Waals surface area contributed by atoms with Crippen molar-refractivity contribution in [1.29, 1.82) is 0 Å². The monoisotopic (exact) mass is 430 g/mol. The van der Waals surface area contributed by atoms with Crippen molar-refractivity contribution in [2.75, 3.05) is 5.32 Å². The van der Waals surface area contributed by atoms with Gasteiger partial charge in [0.05, 0.1) is 5.56 Å². The first-order chi connectivity index (χ1) is 14.9. The molecular weight excluding hydrogens is 409 g/mol. The maximum absolute atomic E-state index is 13.5. The normalized spacial score (nSPS) is 14.5. The van der Waals surface area contributed by atoms with Crippen LogP contribution in [0.15, 0.2) is 59.3 Å². The summed E-state index contributed by atoms with van der Waals surface area (Å²) in [4.78, 5) is 14.7. The Morgan fingerprint density at radius 1 is 1.13 bits per heavy atom. The molecule has 0 spiro atoms. The van der Waals surface area contributed by atoms with E-state index in [1.165, 1.54) is 23.4 Å². The fourth-order valence-corrected chi connectivity index (χ4v) is 3.93. The van der Waals surface area contributed by atoms with E-state index in [4.69, 9.17) is 4.42 Å². The zero-order valence-corrected chi connectivity index (χ0v) is 16.6. The lowest BCUT2D eigenvalue weighted by Gasteiger charge is -2.30. The first-order valence-electron chi connectivity index (χ1n) is 10.0. The number of carbonyl (C=O) groups excluding carboxylic acids is 1. The molecule has 2 amide bonds. The van der Waals surface area contributed by atoms with Gasteiger partial charge in [0.1, 0.15) is 0 Å². The highest BCUT2D eigenvalue weighted by molar-refractivity contribution is 5.90. The number of nitrogens with zero attached hydrogens (tertiary/aromatic N) is 3. The number of carbonyl (C=O) groups is 1. The van der Waals surface area contributed by atoms with Gasteiger partial charge < -0.3 is 14.6 Å². The lowest BCUT2D eigenvalue weighted by Crippen LogP contribution is -2.41. The highest BCUT2D eigenvalue weighted by Crippen LogP contribution is 2.34. The van der Waals surface area contributed by atoms with E-state index >= 15 is 0 Å². The zero-order valence-electron chi connectivity index (χ0n) is 16.6. The molecule has 4 rings (SSSR count). The van der Waals surface area contributed by atoms with Crippen LogP contribution in [0.4, 0.5) is 23.7 Å². The average Bonchev–Trinajstić information content (AvgIpc) is 3.46. The second-order valence-electron chi connectivity index (χ2n) is 7.48. The fraction of sp³-hybridized carbons (Fsp3) is 0.318. The molecule has 1 aliphatic rings. The number of anilines is 1. The van der Waals surface area contributed by atoms with Crippen molar-refractivity contribution < 1.29 is 22.4 Å². The summed E-state index contributed by atoms with van der Waals surface area (Å²) >= 11 is 0. The molecule has 1 heterocycles. The first-order valence-corrected chi connectivity index (χ1v) is 10.0. The highest BCUT2D eigenvalue weighted by atomic mass is 19.4. The Kier molecular flexibility index (Phi) is 5.92. The summed E-state index contributed by atoms with van der Waals surface area (Å²) in [7, 11) is 0. The summed E-state index contributed by atoms with van der Waals surface area (Å²) in [6, 6.07) is 11.7. The Hall–Kier alpha value is -3.36. The number of halogens is 3. The molecule has 0 bridgehead atoms. The molecule has 162 valence electrons. The van der Waals surface area contributed by atoms with E-state index in [1.807, 2.05) is 0 Å². The molecule has 31 heavy (non-hydrogen) atoms. The minimum absolute atomic E-state index is 0.0802. The van der Waals surface area contributed by atoms with Gasteiger partial charge in [-0.2, -0.15) is 13.2 Å². The van der Waals surface area contributed by atoms with Crippen LogP contribution in [0, 0.1) is 0 Å². The molecule has 9 heteroatoms. The summed E-state index contributed by atoms with van der Waals surface area (Å²) in [5.41, 5.74) is 0.485. The van der Waals surface area contributed by atoms with Gasteiger partial charge in [0.15, 0.2) is 0 Å². The third-order valence-corrected chi connectivity index (χ3v) is 5.41. The van der Waals surface area contributed by atoms with Gasteiger partial charge in [-0.05, 0) is 42.7 Å². The second-order valence-corrected chi connectivity index (χ2v) is 7.48. The summed E-state index contributed by atoms with van der Waals surface area (Å²) in [5, 5.41) is 10.3. The van der Waals surface area contributed by atoms with Crippen LogP contribution in [0.5, 0.6) is 0 Å². The van der Waals surface area contributed by atoms with Gasteiger partial charge in [-0.3, -0.25) is 0 Å². The number of hydrogen-bond acceptors (Lipinski definition) is 4. The van der Waals surface area contributed by atoms with E-state index < -0.39 is 17.8 Å². The summed E-state index contributed by atoms with van der Waals surface area (Å²) in [6.45, 7) is -0.116. The zero-order chi connectivity index (χ0) is 21.8. The molecule has 3 aromatic rings. The third kappa shape index (κ3) is 4.87. The van der Waals surface area contributed by atoms with E-state index in [0.717, 1.165) is 31.7 Å². The molecule has 1 N–H and O–H groups in total. The molecule has 0 aliphatic heterocycles. The van der Waals surface area contributed by atoms with E-state index in [1.54, 1.807) is 30.3 Å². The van der Waals surface area contributed by atoms with E-state index in [-0.39, 0.29) is 18.2 Å². The summed E-state index contributed by atoms with van der Waals surface area (Å²) in [5.74, 6) is 0.308. The fourth-order valence-electron chi connectivity index (χ4n) is 3.93. The van der Waals surface area contributed by atoms with Crippen LogP contribution in [-0.4, -0.2) is 27.2 Å². The summed E-state index contributed by atoms with van der Waals surface area (Å²) < 4.78 is 45.6. The molecule has 1 aliphatic carbocycles. The van der Waals surface area contributed by atoms with Crippen LogP contribution in [0.2, 0.25) is 0 Å². The first kappa shape index (κ1) is 20.9. The maximum atomic E-state index is 13.5. The molecule has 0 unspecified atom stereocenters. The summed E-state index contributed by atoms with van der Waals surface area (Å²) in [6.07, 6.45) is 0.157. The molecule has 0 saturated heterocycles. The van der Waals surface area contributed by atoms with Crippen LogP contribution >= 0.6 is 0 Å². The number of amides is 2. The second kappa shape index (κ2) is 8.79. The topological polar surface area (TPSA) is 71.3 Å². The molecular formula is C22H21F3N4O2. The SMILES string of the molecule is O=C(Nc1cccc(-c2nnco2)c1)N(Cc1ccccc1C(F)(F)F)C1CCCC1. The Balaban J connectivity index is 1.58. The van der Waals surface area contributed by atoms with Gasteiger partial charge in [0.2, 0.25) is 12.3 Å². The van der Waals surface area contributed by atoms with Crippen LogP contribution < -0.4 is 5.32 Å². The Labute approximate surface area is 177 Å². The van der Waals surface area contributed by atoms with Crippen LogP contribution in [0.1, 0.15) is 36.8 Å². The average molecular weight is 430 g/mol. The lowest BCUT2D eigenvalue weighted by atomic mass is 10.1. The van der Waals surface area contributed by atoms with Crippen LogP contribution in [0.3, 0.4) is 0 Å². The number of alkyl halides is 3. The Bertz CT molecular complexity index is 1030. The van der Waals surface area contributed by atoms with Gasteiger partial charge in [0, 0.05) is 23.8 Å². The van der Waals surface area contributed by atoms with Crippen molar-refractivity contribution >= 4 is 11.7 Å². The maximum Gasteiger partial charge on any atom is 0.416 e. The van der Waals surface area contributed by atoms with Crippen molar-refractivity contribution in [3.05, 3.63) is 66.1 Å². The van der Waals surface area contributed by atoms with Gasteiger partial charge in [0.25, 0.3) is 0 Å². The van der Waals surface area contributed by atoms with Gasteiger partial charge in [-0.1, -0.05) is 37.1 Å². The van der Waals surface area contributed by atoms with E-state index in [9.17, 15) is 18.0 Å². The number of aromatic nitrogens is 2. The van der Waals surface area contributed by atoms with Gasteiger partial charge in [-0.25, -0.2) is 4.79 Å². The van der Waals surface area contributed by atoms with Gasteiger partial charge >= 0.3 is 12.2 Å². The van der Waals surface area contributed by atoms with Gasteiger partial charge in [-0.15, -0.1) is 10.2 Å². The third-order valence-electron chi connectivity index (χ3n) is 5.41. The minimum atomic E-state index is -4.48. The molecule has 0 atom stereocenters. The predicted molar refractivity (Wildman–Crippen MR) is 108 cm³/mol. The van der Waals surface area contributed by atoms with E-state index in [2.05, 4.69) is 15.5 Å². The standard InChI is InChI=1S/C22H21F3N4O2/c23-22(24,25)19-11-4-1-6-16(19)13-29(18-9-2-3-10-18)21(30)27-17-8-5-7-15(12-17)20-28-26-14-31-20/h1,4-8,11-12,14,18H,2-3,9-10,13H2,(H,27,30). The van der Waals surface area contributed by atoms with Crippen molar-refractivity contribution in [3.63, 3.8) is 0 Å². The molecule has 6 nitrogen and oxygen atoms in total. The van der Waals surface area contributed by atoms with Crippen molar-refractivity contribution in [1.82, 2.24) is 15.1 Å². The smallest absolute Gasteiger partial charge is 0.416 e. The molecule has 1 fully saturated rings. The predicted octanol–water partition coefficient (Wildman–Crippen LogP) is 5.73. The number of urea groups is 1. The van der Waals surface area contributed by atoms with Crippen molar-refractivity contribution in [2.45, 2.75) is 44.4 Å². The Morgan fingerprint density at radius 3 is 2.61 bits per heavy atom. The number of hydrogen-bond donors (Lipinski definition) is 1. The molecule has 1 saturated carbocycles. The molecule has 2 aromatic carbocycles. The van der Waals surface area contributed by atoms with Crippen LogP contribution in [-0.2, 0) is 12.7 Å². The van der Waals surface area contributed by atoms with E-state index in [0.29, 0.717) is 17.1 Å². The number of nitrogens with one attached hydrogen (secondary N) is 1. The number of rotatable bonds is 5.